The van der Waals surface area contributed by atoms with Gasteiger partial charge in [0.1, 0.15) is 16.4 Å². The summed E-state index contributed by atoms with van der Waals surface area (Å²) in [5.74, 6) is -0.571. The van der Waals surface area contributed by atoms with Gasteiger partial charge >= 0.3 is 0 Å². The molecule has 1 unspecified atom stereocenters. The van der Waals surface area contributed by atoms with E-state index in [1.807, 2.05) is 0 Å². The second-order valence-electron chi connectivity index (χ2n) is 3.23. The minimum atomic E-state index is -0.787. The van der Waals surface area contributed by atoms with Gasteiger partial charge in [0, 0.05) is 17.0 Å². The first-order chi connectivity index (χ1) is 7.59. The smallest absolute Gasteiger partial charge is 0.235 e. The number of alkyl halides is 1. The van der Waals surface area contributed by atoms with Crippen LogP contribution in [0.15, 0.2) is 12.1 Å². The molecule has 2 N–H and O–H groups in total. The van der Waals surface area contributed by atoms with E-state index in [1.54, 1.807) is 12.1 Å². The normalized spacial score (nSPS) is 12.9. The van der Waals surface area contributed by atoms with E-state index in [2.05, 4.69) is 8.75 Å². The van der Waals surface area contributed by atoms with E-state index < -0.39 is 11.3 Å². The second-order valence-corrected chi connectivity index (χ2v) is 4.69. The highest BCUT2D eigenvalue weighted by Crippen LogP contribution is 2.26. The highest BCUT2D eigenvalue weighted by molar-refractivity contribution is 7.00. The molecule has 0 aliphatic rings. The molecule has 7 heteroatoms. The Morgan fingerprint density at radius 1 is 1.50 bits per heavy atom. The molecule has 1 aromatic carbocycles. The molecule has 0 bridgehead atoms. The van der Waals surface area contributed by atoms with Crippen LogP contribution in [0.3, 0.4) is 0 Å². The van der Waals surface area contributed by atoms with Crippen molar-refractivity contribution in [1.82, 2.24) is 8.75 Å². The fraction of sp³-hybridized carbons (Fsp3) is 0.222. The van der Waals surface area contributed by atoms with Gasteiger partial charge in [-0.25, -0.2) is 0 Å². The van der Waals surface area contributed by atoms with Crippen LogP contribution in [0.25, 0.3) is 11.0 Å². The van der Waals surface area contributed by atoms with E-state index in [0.29, 0.717) is 16.1 Å². The van der Waals surface area contributed by atoms with E-state index in [0.717, 1.165) is 17.2 Å². The number of amides is 1. The lowest BCUT2D eigenvalue weighted by Crippen LogP contribution is -2.25. The van der Waals surface area contributed by atoms with Crippen molar-refractivity contribution in [3.63, 3.8) is 0 Å². The van der Waals surface area contributed by atoms with Gasteiger partial charge in [0.05, 0.1) is 11.7 Å². The SMILES string of the molecule is NC(=O)C(Cl)Cc1c(Cl)ccc2nsnc12. The molecule has 16 heavy (non-hydrogen) atoms. The summed E-state index contributed by atoms with van der Waals surface area (Å²) in [6.45, 7) is 0. The standard InChI is InChI=1S/C9H7Cl2N3OS/c10-5-1-2-7-8(14-16-13-7)4(5)3-6(11)9(12)15/h1-2,6H,3H2,(H2,12,15). The highest BCUT2D eigenvalue weighted by Gasteiger charge is 2.17. The highest BCUT2D eigenvalue weighted by atomic mass is 35.5. The minimum Gasteiger partial charge on any atom is -0.368 e. The third-order valence-electron chi connectivity index (χ3n) is 2.17. The summed E-state index contributed by atoms with van der Waals surface area (Å²) in [4.78, 5) is 10.9. The Balaban J connectivity index is 2.45. The van der Waals surface area contributed by atoms with Crippen LogP contribution in [-0.4, -0.2) is 20.0 Å². The van der Waals surface area contributed by atoms with Gasteiger partial charge in [0.25, 0.3) is 0 Å². The second kappa shape index (κ2) is 4.53. The molecule has 84 valence electrons. The zero-order valence-electron chi connectivity index (χ0n) is 7.98. The van der Waals surface area contributed by atoms with Crippen molar-refractivity contribution >= 4 is 51.9 Å². The van der Waals surface area contributed by atoms with Crippen molar-refractivity contribution < 1.29 is 4.79 Å². The first-order valence-electron chi connectivity index (χ1n) is 4.42. The number of halogens is 2. The summed E-state index contributed by atoms with van der Waals surface area (Å²) in [5, 5.41) is -0.267. The molecule has 1 atom stereocenters. The number of carbonyl (C=O) groups is 1. The first kappa shape index (κ1) is 11.6. The summed E-state index contributed by atoms with van der Waals surface area (Å²) in [7, 11) is 0. The van der Waals surface area contributed by atoms with E-state index in [1.165, 1.54) is 0 Å². The lowest BCUT2D eigenvalue weighted by Gasteiger charge is -2.07. The topological polar surface area (TPSA) is 68.9 Å². The number of nitrogens with zero attached hydrogens (tertiary/aromatic N) is 2. The molecule has 0 saturated heterocycles. The van der Waals surface area contributed by atoms with Gasteiger partial charge < -0.3 is 5.73 Å². The molecular formula is C9H7Cl2N3OS. The fourth-order valence-corrected chi connectivity index (χ4v) is 2.30. The van der Waals surface area contributed by atoms with Crippen molar-refractivity contribution in [2.75, 3.05) is 0 Å². The molecule has 0 radical (unpaired) electrons. The van der Waals surface area contributed by atoms with Crippen molar-refractivity contribution in [2.45, 2.75) is 11.8 Å². The Morgan fingerprint density at radius 3 is 2.94 bits per heavy atom. The number of aromatic nitrogens is 2. The first-order valence-corrected chi connectivity index (χ1v) is 5.97. The maximum atomic E-state index is 10.9. The summed E-state index contributed by atoms with van der Waals surface area (Å²) < 4.78 is 8.21. The molecule has 4 nitrogen and oxygen atoms in total. The Morgan fingerprint density at radius 2 is 2.25 bits per heavy atom. The molecule has 0 aliphatic heterocycles. The van der Waals surface area contributed by atoms with Gasteiger partial charge in [-0.15, -0.1) is 11.6 Å². The zero-order chi connectivity index (χ0) is 11.7. The largest absolute Gasteiger partial charge is 0.368 e. The Bertz CT molecular complexity index is 543. The van der Waals surface area contributed by atoms with Crippen molar-refractivity contribution in [3.8, 4) is 0 Å². The van der Waals surface area contributed by atoms with E-state index in [4.69, 9.17) is 28.9 Å². The maximum absolute atomic E-state index is 10.9. The van der Waals surface area contributed by atoms with Crippen LogP contribution < -0.4 is 5.73 Å². The predicted octanol–water partition coefficient (Wildman–Crippen LogP) is 1.98. The van der Waals surface area contributed by atoms with Gasteiger partial charge in [-0.1, -0.05) is 11.6 Å². The molecule has 1 amide bonds. The predicted molar refractivity (Wildman–Crippen MR) is 65.0 cm³/mol. The summed E-state index contributed by atoms with van der Waals surface area (Å²) in [6, 6.07) is 3.49. The molecule has 1 heterocycles. The average molecular weight is 276 g/mol. The number of primary amides is 1. The molecule has 2 aromatic rings. The number of hydrogen-bond acceptors (Lipinski definition) is 4. The number of carbonyl (C=O) groups excluding carboxylic acids is 1. The zero-order valence-corrected chi connectivity index (χ0v) is 10.3. The summed E-state index contributed by atoms with van der Waals surface area (Å²) in [6.07, 6.45) is 0.262. The Labute approximate surface area is 106 Å². The third kappa shape index (κ3) is 2.11. The maximum Gasteiger partial charge on any atom is 0.235 e. The third-order valence-corrected chi connectivity index (χ3v) is 3.43. The molecule has 0 fully saturated rings. The monoisotopic (exact) mass is 275 g/mol. The molecular weight excluding hydrogens is 269 g/mol. The summed E-state index contributed by atoms with van der Waals surface area (Å²) in [5.41, 5.74) is 7.25. The molecule has 0 spiro atoms. The van der Waals surface area contributed by atoms with Crippen molar-refractivity contribution in [1.29, 1.82) is 0 Å². The van der Waals surface area contributed by atoms with Crippen LogP contribution in [0.2, 0.25) is 5.02 Å². The van der Waals surface area contributed by atoms with Crippen LogP contribution in [0, 0.1) is 0 Å². The van der Waals surface area contributed by atoms with Crippen LogP contribution >= 0.6 is 34.9 Å². The van der Waals surface area contributed by atoms with Gasteiger partial charge in [-0.2, -0.15) is 8.75 Å². The number of benzene rings is 1. The Hall–Kier alpha value is -0.910. The average Bonchev–Trinajstić information content (AvgIpc) is 2.70. The van der Waals surface area contributed by atoms with Crippen molar-refractivity contribution in [3.05, 3.63) is 22.7 Å². The molecule has 1 aromatic heterocycles. The van der Waals surface area contributed by atoms with Crippen LogP contribution in [-0.2, 0) is 11.2 Å². The van der Waals surface area contributed by atoms with Crippen LogP contribution in [0.5, 0.6) is 0 Å². The van der Waals surface area contributed by atoms with Gasteiger partial charge in [-0.05, 0) is 12.1 Å². The number of nitrogens with two attached hydrogens (primary N) is 1. The Kier molecular flexibility index (Phi) is 3.28. The number of fused-ring (bicyclic) bond motifs is 1. The lowest BCUT2D eigenvalue weighted by molar-refractivity contribution is -0.117. The van der Waals surface area contributed by atoms with Crippen molar-refractivity contribution in [2.24, 2.45) is 5.73 Å². The number of hydrogen-bond donors (Lipinski definition) is 1. The van der Waals surface area contributed by atoms with Gasteiger partial charge in [-0.3, -0.25) is 4.79 Å². The molecule has 0 saturated carbocycles. The van der Waals surface area contributed by atoms with E-state index >= 15 is 0 Å². The molecule has 0 aliphatic carbocycles. The fourth-order valence-electron chi connectivity index (χ4n) is 1.35. The minimum absolute atomic E-state index is 0.262. The number of rotatable bonds is 3. The molecule has 2 rings (SSSR count). The van der Waals surface area contributed by atoms with Crippen LogP contribution in [0.1, 0.15) is 5.56 Å². The summed E-state index contributed by atoms with van der Waals surface area (Å²) >= 11 is 12.9. The van der Waals surface area contributed by atoms with Gasteiger partial charge in [0.15, 0.2) is 0 Å². The van der Waals surface area contributed by atoms with Crippen LogP contribution in [0.4, 0.5) is 0 Å². The van der Waals surface area contributed by atoms with E-state index in [-0.39, 0.29) is 6.42 Å². The lowest BCUT2D eigenvalue weighted by atomic mass is 10.1. The quantitative estimate of drug-likeness (QED) is 0.871. The van der Waals surface area contributed by atoms with E-state index in [9.17, 15) is 4.79 Å². The van der Waals surface area contributed by atoms with Gasteiger partial charge in [0.2, 0.25) is 5.91 Å².